The summed E-state index contributed by atoms with van der Waals surface area (Å²) >= 11 is 0. The van der Waals surface area contributed by atoms with Crippen LogP contribution in [0.3, 0.4) is 0 Å². The number of carbonyl (C=O) groups is 1. The minimum absolute atomic E-state index is 0.00915. The van der Waals surface area contributed by atoms with E-state index in [0.717, 1.165) is 12.8 Å². The molecule has 2 aliphatic rings. The molecule has 1 saturated heterocycles. The van der Waals surface area contributed by atoms with Gasteiger partial charge in [0.1, 0.15) is 5.82 Å². The van der Waals surface area contributed by atoms with E-state index in [-0.39, 0.29) is 23.9 Å². The number of anilines is 1. The predicted molar refractivity (Wildman–Crippen MR) is 72.8 cm³/mol. The van der Waals surface area contributed by atoms with Crippen LogP contribution in [0, 0.1) is 11.7 Å². The lowest BCUT2D eigenvalue weighted by atomic mass is 9.69. The van der Waals surface area contributed by atoms with Crippen molar-refractivity contribution in [2.45, 2.75) is 31.0 Å². The maximum Gasteiger partial charge on any atom is 0.319 e. The number of carbonyl (C=O) groups excluding carboxylic acids is 1. The van der Waals surface area contributed by atoms with Crippen molar-refractivity contribution in [3.8, 4) is 0 Å². The average molecular weight is 279 g/mol. The predicted octanol–water partition coefficient (Wildman–Crippen LogP) is 1.45. The smallest absolute Gasteiger partial charge is 0.319 e. The Bertz CT molecular complexity index is 511. The van der Waals surface area contributed by atoms with Gasteiger partial charge < -0.3 is 21.1 Å². The normalized spacial score (nSPS) is 31.9. The van der Waals surface area contributed by atoms with Crippen LogP contribution in [0.1, 0.15) is 12.8 Å². The van der Waals surface area contributed by atoms with Gasteiger partial charge in [0.15, 0.2) is 0 Å². The summed E-state index contributed by atoms with van der Waals surface area (Å²) in [5, 5.41) is 5.26. The molecule has 0 radical (unpaired) electrons. The van der Waals surface area contributed by atoms with Gasteiger partial charge in [-0.15, -0.1) is 0 Å². The van der Waals surface area contributed by atoms with Crippen LogP contribution in [0.15, 0.2) is 24.3 Å². The van der Waals surface area contributed by atoms with Gasteiger partial charge in [0.05, 0.1) is 17.8 Å². The Morgan fingerprint density at radius 2 is 2.20 bits per heavy atom. The fourth-order valence-electron chi connectivity index (χ4n) is 3.00. The molecule has 1 heterocycles. The summed E-state index contributed by atoms with van der Waals surface area (Å²) in [6.07, 6.45) is 2.05. The van der Waals surface area contributed by atoms with Crippen LogP contribution in [-0.2, 0) is 4.74 Å². The highest BCUT2D eigenvalue weighted by molar-refractivity contribution is 5.89. The molecule has 1 saturated carbocycles. The van der Waals surface area contributed by atoms with Crippen molar-refractivity contribution in [1.82, 2.24) is 5.32 Å². The summed E-state index contributed by atoms with van der Waals surface area (Å²) in [5.41, 5.74) is 6.20. The molecule has 4 atom stereocenters. The molecule has 0 spiro atoms. The molecular weight excluding hydrogens is 261 g/mol. The molecule has 0 aromatic heterocycles. The van der Waals surface area contributed by atoms with Crippen LogP contribution in [-0.4, -0.2) is 30.8 Å². The molecule has 4 N–H and O–H groups in total. The minimum atomic E-state index is -0.465. The standard InChI is InChI=1S/C14H18FN3O2/c15-9-5-1-2-6-10(9)17-14(19)18-12-11(16)8-4-3-7-20-13(8)12/h1-2,5-6,8,11-13H,3-4,7,16H2,(H2,17,18,19). The van der Waals surface area contributed by atoms with Gasteiger partial charge in [-0.05, 0) is 25.0 Å². The van der Waals surface area contributed by atoms with Crippen LogP contribution in [0.4, 0.5) is 14.9 Å². The first-order chi connectivity index (χ1) is 9.66. The third kappa shape index (κ3) is 2.36. The van der Waals surface area contributed by atoms with E-state index in [4.69, 9.17) is 10.5 Å². The van der Waals surface area contributed by atoms with E-state index in [1.807, 2.05) is 0 Å². The number of hydrogen-bond acceptors (Lipinski definition) is 3. The van der Waals surface area contributed by atoms with Gasteiger partial charge in [0.25, 0.3) is 0 Å². The lowest BCUT2D eigenvalue weighted by molar-refractivity contribution is -0.116. The third-order valence-electron chi connectivity index (χ3n) is 4.10. The fourth-order valence-corrected chi connectivity index (χ4v) is 3.00. The molecule has 2 fully saturated rings. The SMILES string of the molecule is NC1C2CCCOC2C1NC(=O)Nc1ccccc1F. The molecule has 1 aromatic carbocycles. The Labute approximate surface area is 116 Å². The summed E-state index contributed by atoms with van der Waals surface area (Å²) in [4.78, 5) is 11.9. The van der Waals surface area contributed by atoms with E-state index in [2.05, 4.69) is 10.6 Å². The Balaban J connectivity index is 1.58. The van der Waals surface area contributed by atoms with Gasteiger partial charge in [-0.3, -0.25) is 0 Å². The topological polar surface area (TPSA) is 76.4 Å². The highest BCUT2D eigenvalue weighted by Crippen LogP contribution is 2.36. The summed E-state index contributed by atoms with van der Waals surface area (Å²) in [6, 6.07) is 5.29. The summed E-state index contributed by atoms with van der Waals surface area (Å²) in [7, 11) is 0. The van der Waals surface area contributed by atoms with Gasteiger partial charge in [0, 0.05) is 18.6 Å². The average Bonchev–Trinajstić information content (AvgIpc) is 2.47. The Morgan fingerprint density at radius 3 is 3.00 bits per heavy atom. The Morgan fingerprint density at radius 1 is 1.40 bits per heavy atom. The van der Waals surface area contributed by atoms with Gasteiger partial charge in [-0.2, -0.15) is 0 Å². The number of para-hydroxylation sites is 1. The van der Waals surface area contributed by atoms with Gasteiger partial charge >= 0.3 is 6.03 Å². The minimum Gasteiger partial charge on any atom is -0.376 e. The molecular formula is C14H18FN3O2. The van der Waals surface area contributed by atoms with Gasteiger partial charge in [-0.1, -0.05) is 12.1 Å². The maximum absolute atomic E-state index is 13.4. The second-order valence-corrected chi connectivity index (χ2v) is 5.32. The maximum atomic E-state index is 13.4. The van der Waals surface area contributed by atoms with E-state index in [1.54, 1.807) is 12.1 Å². The molecule has 20 heavy (non-hydrogen) atoms. The lowest BCUT2D eigenvalue weighted by Gasteiger charge is -2.52. The first kappa shape index (κ1) is 13.3. The van der Waals surface area contributed by atoms with Crippen LogP contribution in [0.2, 0.25) is 0 Å². The quantitative estimate of drug-likeness (QED) is 0.767. The highest BCUT2D eigenvalue weighted by atomic mass is 19.1. The van der Waals surface area contributed by atoms with Crippen molar-refractivity contribution in [2.24, 2.45) is 11.7 Å². The summed E-state index contributed by atoms with van der Waals surface area (Å²) in [6.45, 7) is 0.709. The van der Waals surface area contributed by atoms with Crippen molar-refractivity contribution >= 4 is 11.7 Å². The first-order valence-electron chi connectivity index (χ1n) is 6.86. The molecule has 1 aromatic rings. The second-order valence-electron chi connectivity index (χ2n) is 5.32. The molecule has 3 rings (SSSR count). The number of fused-ring (bicyclic) bond motifs is 1. The van der Waals surface area contributed by atoms with Crippen molar-refractivity contribution < 1.29 is 13.9 Å². The van der Waals surface area contributed by atoms with Crippen molar-refractivity contribution in [2.75, 3.05) is 11.9 Å². The number of hydrogen-bond donors (Lipinski definition) is 3. The van der Waals surface area contributed by atoms with Gasteiger partial charge in [0.2, 0.25) is 0 Å². The zero-order chi connectivity index (χ0) is 14.1. The van der Waals surface area contributed by atoms with Crippen molar-refractivity contribution in [3.63, 3.8) is 0 Å². The lowest BCUT2D eigenvalue weighted by Crippen LogP contribution is -2.72. The number of rotatable bonds is 2. The van der Waals surface area contributed by atoms with E-state index in [0.29, 0.717) is 12.5 Å². The van der Waals surface area contributed by atoms with Crippen LogP contribution in [0.25, 0.3) is 0 Å². The summed E-state index contributed by atoms with van der Waals surface area (Å²) in [5.74, 6) is -0.144. The zero-order valence-electron chi connectivity index (χ0n) is 11.0. The number of ether oxygens (including phenoxy) is 1. The largest absolute Gasteiger partial charge is 0.376 e. The molecule has 1 aliphatic carbocycles. The second kappa shape index (κ2) is 5.38. The van der Waals surface area contributed by atoms with Crippen LogP contribution in [0.5, 0.6) is 0 Å². The van der Waals surface area contributed by atoms with Crippen LogP contribution >= 0.6 is 0 Å². The number of amides is 2. The van der Waals surface area contributed by atoms with E-state index in [9.17, 15) is 9.18 Å². The molecule has 0 bridgehead atoms. The monoisotopic (exact) mass is 279 g/mol. The van der Waals surface area contributed by atoms with Gasteiger partial charge in [-0.25, -0.2) is 9.18 Å². The number of nitrogens with two attached hydrogens (primary N) is 1. The fraction of sp³-hybridized carbons (Fsp3) is 0.500. The van der Waals surface area contributed by atoms with E-state index < -0.39 is 11.8 Å². The van der Waals surface area contributed by atoms with Crippen molar-refractivity contribution in [1.29, 1.82) is 0 Å². The van der Waals surface area contributed by atoms with E-state index in [1.165, 1.54) is 12.1 Å². The zero-order valence-corrected chi connectivity index (χ0v) is 11.0. The third-order valence-corrected chi connectivity index (χ3v) is 4.10. The number of halogens is 1. The molecule has 108 valence electrons. The Kier molecular flexibility index (Phi) is 3.58. The Hall–Kier alpha value is -1.66. The summed E-state index contributed by atoms with van der Waals surface area (Å²) < 4.78 is 19.1. The van der Waals surface area contributed by atoms with Crippen LogP contribution < -0.4 is 16.4 Å². The molecule has 1 aliphatic heterocycles. The molecule has 5 nitrogen and oxygen atoms in total. The number of nitrogens with one attached hydrogen (secondary N) is 2. The van der Waals surface area contributed by atoms with E-state index >= 15 is 0 Å². The first-order valence-corrected chi connectivity index (χ1v) is 6.86. The molecule has 6 heteroatoms. The highest BCUT2D eigenvalue weighted by Gasteiger charge is 2.51. The molecule has 4 unspecified atom stereocenters. The number of urea groups is 1. The molecule has 2 amide bonds. The van der Waals surface area contributed by atoms with Crippen molar-refractivity contribution in [3.05, 3.63) is 30.1 Å². The number of benzene rings is 1.